The molecule has 0 fully saturated rings. The average Bonchev–Trinajstić information content (AvgIpc) is 2.60. The maximum absolute atomic E-state index is 13.7. The van der Waals surface area contributed by atoms with Crippen molar-refractivity contribution in [2.75, 3.05) is 0 Å². The minimum atomic E-state index is -0.399. The predicted octanol–water partition coefficient (Wildman–Crippen LogP) is 3.17. The van der Waals surface area contributed by atoms with Gasteiger partial charge in [-0.2, -0.15) is 0 Å². The fourth-order valence-corrected chi connectivity index (χ4v) is 2.14. The van der Waals surface area contributed by atoms with E-state index in [-0.39, 0.29) is 5.56 Å². The van der Waals surface area contributed by atoms with E-state index in [0.717, 1.165) is 0 Å². The highest BCUT2D eigenvalue weighted by Gasteiger charge is 2.16. The molecule has 0 saturated carbocycles. The summed E-state index contributed by atoms with van der Waals surface area (Å²) in [6.07, 6.45) is 0. The summed E-state index contributed by atoms with van der Waals surface area (Å²) in [5.74, 6) is 0.746. The molecule has 0 amide bonds. The molecule has 0 saturated heterocycles. The largest absolute Gasteiger partial charge is 0.313 e. The molecule has 16 heavy (non-hydrogen) atoms. The Morgan fingerprint density at radius 2 is 2.19 bits per heavy atom. The van der Waals surface area contributed by atoms with Crippen LogP contribution in [0.3, 0.4) is 0 Å². The molecule has 1 heterocycles. The van der Waals surface area contributed by atoms with Crippen LogP contribution in [0.25, 0.3) is 11.4 Å². The van der Waals surface area contributed by atoms with E-state index in [1.165, 1.54) is 6.07 Å². The molecule has 0 aliphatic heterocycles. The third kappa shape index (κ3) is 1.85. The number of nitrogens with zero attached hydrogens (tertiary/aromatic N) is 3. The van der Waals surface area contributed by atoms with Gasteiger partial charge in [-0.15, -0.1) is 10.2 Å². The molecule has 0 bridgehead atoms. The lowest BCUT2D eigenvalue weighted by Gasteiger charge is -2.05. The van der Waals surface area contributed by atoms with E-state index in [9.17, 15) is 4.39 Å². The molecular weight excluding hydrogens is 296 g/mol. The number of hydrogen-bond acceptors (Lipinski definition) is 2. The molecule has 0 aliphatic rings. The van der Waals surface area contributed by atoms with Crippen LogP contribution in [0.2, 0.25) is 5.02 Å². The second-order valence-electron chi connectivity index (χ2n) is 3.23. The van der Waals surface area contributed by atoms with Crippen LogP contribution in [0.1, 0.15) is 5.82 Å². The van der Waals surface area contributed by atoms with Crippen molar-refractivity contribution in [2.24, 2.45) is 7.05 Å². The van der Waals surface area contributed by atoms with Gasteiger partial charge in [0, 0.05) is 7.05 Å². The van der Waals surface area contributed by atoms with E-state index in [1.807, 2.05) is 0 Å². The van der Waals surface area contributed by atoms with E-state index < -0.39 is 5.82 Å². The van der Waals surface area contributed by atoms with Crippen LogP contribution in [0.5, 0.6) is 0 Å². The normalized spacial score (nSPS) is 10.8. The zero-order chi connectivity index (χ0) is 11.7. The number of alkyl halides is 1. The van der Waals surface area contributed by atoms with Crippen LogP contribution in [0.4, 0.5) is 4.39 Å². The van der Waals surface area contributed by atoms with Gasteiger partial charge in [-0.05, 0) is 12.1 Å². The van der Waals surface area contributed by atoms with Crippen molar-refractivity contribution in [2.45, 2.75) is 5.33 Å². The lowest BCUT2D eigenvalue weighted by molar-refractivity contribution is 0.628. The highest BCUT2D eigenvalue weighted by Crippen LogP contribution is 2.29. The second kappa shape index (κ2) is 4.51. The summed E-state index contributed by atoms with van der Waals surface area (Å²) in [5.41, 5.74) is 0.284. The molecule has 84 valence electrons. The van der Waals surface area contributed by atoms with E-state index in [2.05, 4.69) is 26.1 Å². The Morgan fingerprint density at radius 1 is 1.44 bits per heavy atom. The summed E-state index contributed by atoms with van der Waals surface area (Å²) in [5, 5.41) is 8.76. The molecule has 0 N–H and O–H groups in total. The minimum absolute atomic E-state index is 0.284. The van der Waals surface area contributed by atoms with E-state index in [0.29, 0.717) is 22.0 Å². The average molecular weight is 305 g/mol. The SMILES string of the molecule is Cn1c(CBr)nnc1-c1c(F)cccc1Cl. The molecule has 0 unspecified atom stereocenters. The van der Waals surface area contributed by atoms with Crippen LogP contribution in [-0.2, 0) is 12.4 Å². The van der Waals surface area contributed by atoms with Gasteiger partial charge in [-0.25, -0.2) is 4.39 Å². The highest BCUT2D eigenvalue weighted by atomic mass is 79.9. The Labute approximate surface area is 105 Å². The van der Waals surface area contributed by atoms with Gasteiger partial charge in [0.1, 0.15) is 11.6 Å². The zero-order valence-corrected chi connectivity index (χ0v) is 10.8. The molecule has 0 radical (unpaired) electrons. The fraction of sp³-hybridized carbons (Fsp3) is 0.200. The smallest absolute Gasteiger partial charge is 0.168 e. The third-order valence-corrected chi connectivity index (χ3v) is 3.09. The molecular formula is C10H8BrClFN3. The number of aromatic nitrogens is 3. The van der Waals surface area contributed by atoms with Crippen molar-refractivity contribution in [3.05, 3.63) is 34.9 Å². The van der Waals surface area contributed by atoms with Crippen LogP contribution in [0.15, 0.2) is 18.2 Å². The van der Waals surface area contributed by atoms with Gasteiger partial charge in [0.15, 0.2) is 5.82 Å². The summed E-state index contributed by atoms with van der Waals surface area (Å²) < 4.78 is 15.4. The maximum atomic E-state index is 13.7. The molecule has 1 aromatic carbocycles. The van der Waals surface area contributed by atoms with Crippen molar-refractivity contribution in [3.63, 3.8) is 0 Å². The fourth-order valence-electron chi connectivity index (χ4n) is 1.41. The first-order valence-electron chi connectivity index (χ1n) is 4.53. The molecule has 0 spiro atoms. The molecule has 3 nitrogen and oxygen atoms in total. The predicted molar refractivity (Wildman–Crippen MR) is 64.0 cm³/mol. The molecule has 1 aromatic heterocycles. The Bertz CT molecular complexity index is 507. The third-order valence-electron chi connectivity index (χ3n) is 2.27. The first-order chi connectivity index (χ1) is 7.65. The van der Waals surface area contributed by atoms with Crippen LogP contribution in [0, 0.1) is 5.82 Å². The van der Waals surface area contributed by atoms with Gasteiger partial charge in [-0.1, -0.05) is 33.6 Å². The first kappa shape index (κ1) is 11.5. The van der Waals surface area contributed by atoms with Crippen molar-refractivity contribution < 1.29 is 4.39 Å². The van der Waals surface area contributed by atoms with Crippen LogP contribution >= 0.6 is 27.5 Å². The van der Waals surface area contributed by atoms with Crippen molar-refractivity contribution >= 4 is 27.5 Å². The molecule has 0 aliphatic carbocycles. The Hall–Kier alpha value is -0.940. The van der Waals surface area contributed by atoms with Crippen LogP contribution < -0.4 is 0 Å². The topological polar surface area (TPSA) is 30.7 Å². The molecule has 2 rings (SSSR count). The Balaban J connectivity index is 2.63. The number of benzene rings is 1. The van der Waals surface area contributed by atoms with E-state index in [4.69, 9.17) is 11.6 Å². The Morgan fingerprint density at radius 3 is 2.75 bits per heavy atom. The van der Waals surface area contributed by atoms with E-state index >= 15 is 0 Å². The van der Waals surface area contributed by atoms with Crippen molar-refractivity contribution in [1.82, 2.24) is 14.8 Å². The second-order valence-corrected chi connectivity index (χ2v) is 4.20. The number of hydrogen-bond donors (Lipinski definition) is 0. The first-order valence-corrected chi connectivity index (χ1v) is 6.03. The highest BCUT2D eigenvalue weighted by molar-refractivity contribution is 9.08. The summed E-state index contributed by atoms with van der Waals surface area (Å²) in [4.78, 5) is 0. The lowest BCUT2D eigenvalue weighted by Crippen LogP contribution is -1.99. The number of halogens is 3. The van der Waals surface area contributed by atoms with Gasteiger partial charge in [0.2, 0.25) is 0 Å². The minimum Gasteiger partial charge on any atom is -0.313 e. The number of rotatable bonds is 2. The van der Waals surface area contributed by atoms with Crippen LogP contribution in [-0.4, -0.2) is 14.8 Å². The maximum Gasteiger partial charge on any atom is 0.168 e. The van der Waals surface area contributed by atoms with Gasteiger partial charge in [-0.3, -0.25) is 0 Å². The standard InChI is InChI=1S/C10H8BrClFN3/c1-16-8(5-11)14-15-10(16)9-6(12)3-2-4-7(9)13/h2-4H,5H2,1H3. The summed E-state index contributed by atoms with van der Waals surface area (Å²) in [6, 6.07) is 4.54. The van der Waals surface area contributed by atoms with Gasteiger partial charge in [0.25, 0.3) is 0 Å². The van der Waals surface area contributed by atoms with Crippen molar-refractivity contribution in [3.8, 4) is 11.4 Å². The summed E-state index contributed by atoms with van der Waals surface area (Å²) in [6.45, 7) is 0. The molecule has 6 heteroatoms. The monoisotopic (exact) mass is 303 g/mol. The Kier molecular flexibility index (Phi) is 3.25. The van der Waals surface area contributed by atoms with Gasteiger partial charge >= 0.3 is 0 Å². The molecule has 0 atom stereocenters. The van der Waals surface area contributed by atoms with E-state index in [1.54, 1.807) is 23.7 Å². The van der Waals surface area contributed by atoms with Gasteiger partial charge in [0.05, 0.1) is 15.9 Å². The van der Waals surface area contributed by atoms with Crippen molar-refractivity contribution in [1.29, 1.82) is 0 Å². The lowest BCUT2D eigenvalue weighted by atomic mass is 10.2. The van der Waals surface area contributed by atoms with Gasteiger partial charge < -0.3 is 4.57 Å². The summed E-state index contributed by atoms with van der Waals surface area (Å²) >= 11 is 9.24. The quantitative estimate of drug-likeness (QED) is 0.798. The summed E-state index contributed by atoms with van der Waals surface area (Å²) in [7, 11) is 1.77. The molecule has 2 aromatic rings. The zero-order valence-electron chi connectivity index (χ0n) is 8.41.